The Balaban J connectivity index is 1.59. The standard InChI is InChI=1S/C15H19N3O/c1-2-4-12(5-3-1)10-14-17-15(19-18-14)11-13-6-8-16-9-7-13/h1-5,13,16H,6-11H2. The molecule has 4 nitrogen and oxygen atoms in total. The lowest BCUT2D eigenvalue weighted by atomic mass is 9.95. The first kappa shape index (κ1) is 12.4. The average molecular weight is 257 g/mol. The first-order valence-electron chi connectivity index (χ1n) is 6.96. The molecule has 0 amide bonds. The molecule has 19 heavy (non-hydrogen) atoms. The highest BCUT2D eigenvalue weighted by molar-refractivity contribution is 5.18. The van der Waals surface area contributed by atoms with E-state index >= 15 is 0 Å². The molecule has 0 atom stereocenters. The van der Waals surface area contributed by atoms with Crippen molar-refractivity contribution >= 4 is 0 Å². The number of hydrogen-bond donors (Lipinski definition) is 1. The van der Waals surface area contributed by atoms with Gasteiger partial charge < -0.3 is 9.84 Å². The third-order valence-corrected chi connectivity index (χ3v) is 3.64. The van der Waals surface area contributed by atoms with Crippen LogP contribution in [-0.2, 0) is 12.8 Å². The van der Waals surface area contributed by atoms with Gasteiger partial charge in [-0.25, -0.2) is 0 Å². The molecule has 0 radical (unpaired) electrons. The van der Waals surface area contributed by atoms with Crippen molar-refractivity contribution in [1.82, 2.24) is 15.5 Å². The first-order chi connectivity index (χ1) is 9.40. The fourth-order valence-electron chi connectivity index (χ4n) is 2.56. The molecule has 0 unspecified atom stereocenters. The Morgan fingerprint density at radius 1 is 1.16 bits per heavy atom. The van der Waals surface area contributed by atoms with Gasteiger partial charge >= 0.3 is 0 Å². The molecule has 2 heterocycles. The van der Waals surface area contributed by atoms with Gasteiger partial charge in [-0.3, -0.25) is 0 Å². The molecule has 1 aromatic heterocycles. The number of nitrogens with zero attached hydrogens (tertiary/aromatic N) is 2. The lowest BCUT2D eigenvalue weighted by Gasteiger charge is -2.20. The van der Waals surface area contributed by atoms with Crippen LogP contribution in [0.15, 0.2) is 34.9 Å². The van der Waals surface area contributed by atoms with Crippen LogP contribution < -0.4 is 5.32 Å². The minimum atomic E-state index is 0.686. The van der Waals surface area contributed by atoms with E-state index in [1.54, 1.807) is 0 Å². The molecule has 0 spiro atoms. The molecule has 1 fully saturated rings. The minimum absolute atomic E-state index is 0.686. The SMILES string of the molecule is c1ccc(Cc2noc(CC3CCNCC3)n2)cc1. The van der Waals surface area contributed by atoms with Crippen molar-refractivity contribution in [3.8, 4) is 0 Å². The summed E-state index contributed by atoms with van der Waals surface area (Å²) in [5.41, 5.74) is 1.22. The minimum Gasteiger partial charge on any atom is -0.339 e. The summed E-state index contributed by atoms with van der Waals surface area (Å²) in [5.74, 6) is 2.26. The van der Waals surface area contributed by atoms with Gasteiger partial charge in [0.15, 0.2) is 5.82 Å². The summed E-state index contributed by atoms with van der Waals surface area (Å²) in [6.07, 6.45) is 4.08. The molecule has 100 valence electrons. The molecular formula is C15H19N3O. The summed E-state index contributed by atoms with van der Waals surface area (Å²) < 4.78 is 5.36. The van der Waals surface area contributed by atoms with E-state index < -0.39 is 0 Å². The fraction of sp³-hybridized carbons (Fsp3) is 0.467. The molecule has 0 bridgehead atoms. The van der Waals surface area contributed by atoms with Crippen LogP contribution in [-0.4, -0.2) is 23.2 Å². The van der Waals surface area contributed by atoms with Crippen LogP contribution >= 0.6 is 0 Å². The van der Waals surface area contributed by atoms with Crippen LogP contribution in [0.25, 0.3) is 0 Å². The van der Waals surface area contributed by atoms with Crippen molar-refractivity contribution in [2.45, 2.75) is 25.7 Å². The summed E-state index contributed by atoms with van der Waals surface area (Å²) in [5, 5.41) is 7.45. The van der Waals surface area contributed by atoms with Crippen molar-refractivity contribution in [1.29, 1.82) is 0 Å². The van der Waals surface area contributed by atoms with Gasteiger partial charge in [0.2, 0.25) is 5.89 Å². The summed E-state index contributed by atoms with van der Waals surface area (Å²) >= 11 is 0. The van der Waals surface area contributed by atoms with Crippen molar-refractivity contribution < 1.29 is 4.52 Å². The fourth-order valence-corrected chi connectivity index (χ4v) is 2.56. The van der Waals surface area contributed by atoms with Gasteiger partial charge in [0.25, 0.3) is 0 Å². The molecule has 1 saturated heterocycles. The number of aromatic nitrogens is 2. The topological polar surface area (TPSA) is 51.0 Å². The molecule has 1 aliphatic rings. The van der Waals surface area contributed by atoms with E-state index in [2.05, 4.69) is 27.6 Å². The highest BCUT2D eigenvalue weighted by Crippen LogP contribution is 2.17. The number of benzene rings is 1. The van der Waals surface area contributed by atoms with E-state index in [0.717, 1.165) is 37.6 Å². The second-order valence-electron chi connectivity index (χ2n) is 5.16. The molecule has 0 saturated carbocycles. The first-order valence-corrected chi connectivity index (χ1v) is 6.96. The lowest BCUT2D eigenvalue weighted by Crippen LogP contribution is -2.28. The zero-order chi connectivity index (χ0) is 12.9. The Morgan fingerprint density at radius 2 is 1.95 bits per heavy atom. The van der Waals surface area contributed by atoms with Gasteiger partial charge in [0, 0.05) is 12.8 Å². The van der Waals surface area contributed by atoms with Gasteiger partial charge in [-0.1, -0.05) is 35.5 Å². The van der Waals surface area contributed by atoms with Crippen molar-refractivity contribution in [2.24, 2.45) is 5.92 Å². The van der Waals surface area contributed by atoms with Crippen LogP contribution in [0.3, 0.4) is 0 Å². The molecule has 2 aromatic rings. The van der Waals surface area contributed by atoms with Crippen molar-refractivity contribution in [3.63, 3.8) is 0 Å². The molecule has 1 aliphatic heterocycles. The molecule has 3 rings (SSSR count). The van der Waals surface area contributed by atoms with Gasteiger partial charge in [-0.05, 0) is 37.4 Å². The van der Waals surface area contributed by atoms with Crippen LogP contribution in [0.4, 0.5) is 0 Å². The molecule has 0 aliphatic carbocycles. The largest absolute Gasteiger partial charge is 0.339 e. The predicted molar refractivity (Wildman–Crippen MR) is 72.8 cm³/mol. The Morgan fingerprint density at radius 3 is 2.74 bits per heavy atom. The third-order valence-electron chi connectivity index (χ3n) is 3.64. The second kappa shape index (κ2) is 5.97. The van der Waals surface area contributed by atoms with E-state index in [1.807, 2.05) is 18.2 Å². The second-order valence-corrected chi connectivity index (χ2v) is 5.16. The van der Waals surface area contributed by atoms with E-state index in [-0.39, 0.29) is 0 Å². The quantitative estimate of drug-likeness (QED) is 0.912. The smallest absolute Gasteiger partial charge is 0.226 e. The zero-order valence-electron chi connectivity index (χ0n) is 11.0. The van der Waals surface area contributed by atoms with E-state index in [4.69, 9.17) is 4.52 Å². The molecule has 1 N–H and O–H groups in total. The lowest BCUT2D eigenvalue weighted by molar-refractivity contribution is 0.312. The van der Waals surface area contributed by atoms with Gasteiger partial charge in [0.1, 0.15) is 0 Å². The molecule has 4 heteroatoms. The van der Waals surface area contributed by atoms with Gasteiger partial charge in [0.05, 0.1) is 0 Å². The summed E-state index contributed by atoms with van der Waals surface area (Å²) in [4.78, 5) is 4.50. The Kier molecular flexibility index (Phi) is 3.89. The van der Waals surface area contributed by atoms with Crippen LogP contribution in [0.2, 0.25) is 0 Å². The summed E-state index contributed by atoms with van der Waals surface area (Å²) in [6.45, 7) is 2.21. The van der Waals surface area contributed by atoms with Gasteiger partial charge in [-0.2, -0.15) is 4.98 Å². The van der Waals surface area contributed by atoms with E-state index in [1.165, 1.54) is 18.4 Å². The highest BCUT2D eigenvalue weighted by Gasteiger charge is 2.17. The maximum atomic E-state index is 5.36. The van der Waals surface area contributed by atoms with Crippen LogP contribution in [0.5, 0.6) is 0 Å². The van der Waals surface area contributed by atoms with E-state index in [0.29, 0.717) is 5.92 Å². The van der Waals surface area contributed by atoms with Crippen LogP contribution in [0, 0.1) is 5.92 Å². The van der Waals surface area contributed by atoms with Gasteiger partial charge in [-0.15, -0.1) is 0 Å². The third kappa shape index (κ3) is 3.41. The average Bonchev–Trinajstić information content (AvgIpc) is 2.88. The Hall–Kier alpha value is -1.68. The maximum Gasteiger partial charge on any atom is 0.226 e. The number of rotatable bonds is 4. The molecular weight excluding hydrogens is 238 g/mol. The molecule has 1 aromatic carbocycles. The van der Waals surface area contributed by atoms with Crippen molar-refractivity contribution in [2.75, 3.05) is 13.1 Å². The summed E-state index contributed by atoms with van der Waals surface area (Å²) in [7, 11) is 0. The highest BCUT2D eigenvalue weighted by atomic mass is 16.5. The van der Waals surface area contributed by atoms with Crippen molar-refractivity contribution in [3.05, 3.63) is 47.6 Å². The van der Waals surface area contributed by atoms with E-state index in [9.17, 15) is 0 Å². The Labute approximate surface area is 113 Å². The van der Waals surface area contributed by atoms with Crippen LogP contribution in [0.1, 0.15) is 30.1 Å². The number of nitrogens with one attached hydrogen (secondary N) is 1. The Bertz CT molecular complexity index is 503. The normalized spacial score (nSPS) is 16.6. The number of hydrogen-bond acceptors (Lipinski definition) is 4. The summed E-state index contributed by atoms with van der Waals surface area (Å²) in [6, 6.07) is 10.3. The zero-order valence-corrected chi connectivity index (χ0v) is 11.0. The maximum absolute atomic E-state index is 5.36. The monoisotopic (exact) mass is 257 g/mol. The predicted octanol–water partition coefficient (Wildman–Crippen LogP) is 2.20. The number of piperidine rings is 1.